The average molecular weight is 341 g/mol. The Morgan fingerprint density at radius 1 is 1.28 bits per heavy atom. The molecule has 2 heterocycles. The maximum atomic E-state index is 12.1. The lowest BCUT2D eigenvalue weighted by Crippen LogP contribution is -2.29. The van der Waals surface area contributed by atoms with E-state index in [0.29, 0.717) is 25.2 Å². The molecule has 7 heteroatoms. The number of carbonyl (C=O) groups is 2. The minimum absolute atomic E-state index is 0.202. The summed E-state index contributed by atoms with van der Waals surface area (Å²) in [6.07, 6.45) is 4.96. The maximum absolute atomic E-state index is 12.1. The fourth-order valence-corrected chi connectivity index (χ4v) is 2.91. The van der Waals surface area contributed by atoms with E-state index in [1.165, 1.54) is 0 Å². The highest BCUT2D eigenvalue weighted by Gasteiger charge is 2.20. The Balaban J connectivity index is 1.57. The van der Waals surface area contributed by atoms with Crippen molar-refractivity contribution in [3.63, 3.8) is 0 Å². The Hall–Kier alpha value is -2.83. The van der Waals surface area contributed by atoms with Gasteiger partial charge in [-0.25, -0.2) is 4.79 Å². The minimum Gasteiger partial charge on any atom is -0.338 e. The molecule has 0 radical (unpaired) electrons. The molecule has 132 valence electrons. The third kappa shape index (κ3) is 4.37. The first kappa shape index (κ1) is 17.0. The average Bonchev–Trinajstić information content (AvgIpc) is 3.23. The van der Waals surface area contributed by atoms with Crippen molar-refractivity contribution in [1.82, 2.24) is 20.0 Å². The van der Waals surface area contributed by atoms with Crippen molar-refractivity contribution >= 4 is 17.6 Å². The molecular formula is C18H23N5O2. The first-order valence-electron chi connectivity index (χ1n) is 8.57. The highest BCUT2D eigenvalue weighted by Crippen LogP contribution is 2.17. The second-order valence-electron chi connectivity index (χ2n) is 6.08. The van der Waals surface area contributed by atoms with Crippen molar-refractivity contribution in [1.29, 1.82) is 0 Å². The molecule has 1 aromatic heterocycles. The molecule has 1 aromatic carbocycles. The zero-order valence-corrected chi connectivity index (χ0v) is 14.4. The van der Waals surface area contributed by atoms with E-state index in [1.54, 1.807) is 17.1 Å². The van der Waals surface area contributed by atoms with Crippen LogP contribution >= 0.6 is 0 Å². The van der Waals surface area contributed by atoms with E-state index in [4.69, 9.17) is 0 Å². The van der Waals surface area contributed by atoms with E-state index in [9.17, 15) is 9.59 Å². The van der Waals surface area contributed by atoms with Crippen molar-refractivity contribution in [2.75, 3.05) is 11.9 Å². The van der Waals surface area contributed by atoms with Gasteiger partial charge in [-0.2, -0.15) is 5.10 Å². The number of carbonyl (C=O) groups excluding carboxylic acids is 2. The van der Waals surface area contributed by atoms with Crippen molar-refractivity contribution in [2.45, 2.75) is 39.4 Å². The largest absolute Gasteiger partial charge is 0.338 e. The highest BCUT2D eigenvalue weighted by molar-refractivity contribution is 5.88. The van der Waals surface area contributed by atoms with Crippen LogP contribution in [0.4, 0.5) is 10.5 Å². The lowest BCUT2D eigenvalue weighted by atomic mass is 10.1. The normalized spacial score (nSPS) is 14.0. The molecule has 1 saturated heterocycles. The molecule has 1 aliphatic heterocycles. The van der Waals surface area contributed by atoms with Gasteiger partial charge < -0.3 is 15.5 Å². The molecule has 3 rings (SSSR count). The number of likely N-dealkylation sites (tertiary alicyclic amines) is 1. The molecule has 1 fully saturated rings. The number of amides is 3. The molecule has 0 bridgehead atoms. The second-order valence-corrected chi connectivity index (χ2v) is 6.08. The fourth-order valence-electron chi connectivity index (χ4n) is 2.91. The maximum Gasteiger partial charge on any atom is 0.319 e. The smallest absolute Gasteiger partial charge is 0.319 e. The Labute approximate surface area is 147 Å². The minimum atomic E-state index is -0.275. The van der Waals surface area contributed by atoms with Crippen LogP contribution in [-0.2, 0) is 24.4 Å². The molecule has 3 amide bonds. The summed E-state index contributed by atoms with van der Waals surface area (Å²) in [5.41, 5.74) is 2.74. The number of hydrogen-bond acceptors (Lipinski definition) is 3. The van der Waals surface area contributed by atoms with Gasteiger partial charge in [-0.15, -0.1) is 0 Å². The van der Waals surface area contributed by atoms with Gasteiger partial charge in [-0.05, 0) is 24.5 Å². The molecule has 0 saturated carbocycles. The zero-order chi connectivity index (χ0) is 17.6. The lowest BCUT2D eigenvalue weighted by molar-refractivity contribution is -0.128. The Morgan fingerprint density at radius 2 is 2.08 bits per heavy atom. The topological polar surface area (TPSA) is 79.3 Å². The van der Waals surface area contributed by atoms with Crippen LogP contribution in [0.5, 0.6) is 0 Å². The van der Waals surface area contributed by atoms with Gasteiger partial charge in [0.15, 0.2) is 0 Å². The number of urea groups is 1. The summed E-state index contributed by atoms with van der Waals surface area (Å²) in [7, 11) is 0. The molecular weight excluding hydrogens is 318 g/mol. The van der Waals surface area contributed by atoms with Gasteiger partial charge in [0.2, 0.25) is 5.91 Å². The standard InChI is InChI=1S/C18H23N5O2/c1-2-23-13-16(11-20-23)21-18(25)19-10-14-6-3-4-7-15(14)12-22-9-5-8-17(22)24/h3-4,6-7,11,13H,2,5,8-10,12H2,1H3,(H2,19,21,25). The molecule has 0 spiro atoms. The molecule has 2 aromatic rings. The van der Waals surface area contributed by atoms with Crippen LogP contribution in [0.25, 0.3) is 0 Å². The number of nitrogens with zero attached hydrogens (tertiary/aromatic N) is 3. The summed E-state index contributed by atoms with van der Waals surface area (Å²) in [5.74, 6) is 0.202. The molecule has 0 aliphatic carbocycles. The summed E-state index contributed by atoms with van der Waals surface area (Å²) < 4.78 is 1.75. The number of benzene rings is 1. The fraction of sp³-hybridized carbons (Fsp3) is 0.389. The van der Waals surface area contributed by atoms with E-state index >= 15 is 0 Å². The third-order valence-corrected chi connectivity index (χ3v) is 4.31. The number of anilines is 1. The molecule has 25 heavy (non-hydrogen) atoms. The summed E-state index contributed by atoms with van der Waals surface area (Å²) in [6.45, 7) is 4.56. The van der Waals surface area contributed by atoms with E-state index in [2.05, 4.69) is 15.7 Å². The monoisotopic (exact) mass is 341 g/mol. The van der Waals surface area contributed by atoms with E-state index in [1.807, 2.05) is 36.1 Å². The first-order chi connectivity index (χ1) is 12.2. The van der Waals surface area contributed by atoms with Crippen LogP contribution in [0.1, 0.15) is 30.9 Å². The van der Waals surface area contributed by atoms with Crippen LogP contribution in [-0.4, -0.2) is 33.2 Å². The van der Waals surface area contributed by atoms with E-state index in [0.717, 1.165) is 30.6 Å². The van der Waals surface area contributed by atoms with E-state index < -0.39 is 0 Å². The third-order valence-electron chi connectivity index (χ3n) is 4.31. The van der Waals surface area contributed by atoms with Gasteiger partial charge in [0.05, 0.1) is 11.9 Å². The molecule has 2 N–H and O–H groups in total. The van der Waals surface area contributed by atoms with Crippen LogP contribution < -0.4 is 10.6 Å². The number of aryl methyl sites for hydroxylation is 1. The van der Waals surface area contributed by atoms with Gasteiger partial charge in [0.1, 0.15) is 0 Å². The SMILES string of the molecule is CCn1cc(NC(=O)NCc2ccccc2CN2CCCC2=O)cn1. The molecule has 1 aliphatic rings. The first-order valence-corrected chi connectivity index (χ1v) is 8.57. The van der Waals surface area contributed by atoms with Gasteiger partial charge in [0, 0.05) is 38.8 Å². The molecule has 0 unspecified atom stereocenters. The number of rotatable bonds is 6. The number of nitrogens with one attached hydrogen (secondary N) is 2. The highest BCUT2D eigenvalue weighted by atomic mass is 16.2. The summed E-state index contributed by atoms with van der Waals surface area (Å²) in [6, 6.07) is 7.60. The van der Waals surface area contributed by atoms with Crippen LogP contribution in [0.15, 0.2) is 36.7 Å². The van der Waals surface area contributed by atoms with Crippen molar-refractivity contribution in [3.8, 4) is 0 Å². The van der Waals surface area contributed by atoms with E-state index in [-0.39, 0.29) is 11.9 Å². The van der Waals surface area contributed by atoms with Gasteiger partial charge in [-0.1, -0.05) is 24.3 Å². The Bertz CT molecular complexity index is 755. The van der Waals surface area contributed by atoms with Gasteiger partial charge >= 0.3 is 6.03 Å². The number of hydrogen-bond donors (Lipinski definition) is 2. The van der Waals surface area contributed by atoms with Crippen molar-refractivity contribution in [2.24, 2.45) is 0 Å². The Kier molecular flexibility index (Phi) is 5.33. The predicted molar refractivity (Wildman–Crippen MR) is 94.9 cm³/mol. The second kappa shape index (κ2) is 7.83. The van der Waals surface area contributed by atoms with Gasteiger partial charge in [-0.3, -0.25) is 9.48 Å². The summed E-state index contributed by atoms with van der Waals surface area (Å²) >= 11 is 0. The van der Waals surface area contributed by atoms with Crippen LogP contribution in [0.2, 0.25) is 0 Å². The predicted octanol–water partition coefficient (Wildman–Crippen LogP) is 2.35. The zero-order valence-electron chi connectivity index (χ0n) is 14.4. The molecule has 0 atom stereocenters. The van der Waals surface area contributed by atoms with Gasteiger partial charge in [0.25, 0.3) is 0 Å². The Morgan fingerprint density at radius 3 is 2.76 bits per heavy atom. The summed E-state index contributed by atoms with van der Waals surface area (Å²) in [5, 5.41) is 9.75. The van der Waals surface area contributed by atoms with Crippen molar-refractivity contribution in [3.05, 3.63) is 47.8 Å². The number of aromatic nitrogens is 2. The lowest BCUT2D eigenvalue weighted by Gasteiger charge is -2.18. The van der Waals surface area contributed by atoms with Crippen LogP contribution in [0.3, 0.4) is 0 Å². The molecule has 7 nitrogen and oxygen atoms in total. The van der Waals surface area contributed by atoms with Crippen LogP contribution in [0, 0.1) is 0 Å². The summed E-state index contributed by atoms with van der Waals surface area (Å²) in [4.78, 5) is 25.8. The quantitative estimate of drug-likeness (QED) is 0.846. The van der Waals surface area contributed by atoms with Crippen molar-refractivity contribution < 1.29 is 9.59 Å².